The van der Waals surface area contributed by atoms with Crippen molar-refractivity contribution in [1.82, 2.24) is 0 Å². The number of amides is 2. The first-order valence-electron chi connectivity index (χ1n) is 9.90. The van der Waals surface area contributed by atoms with Crippen LogP contribution in [0.1, 0.15) is 36.5 Å². The lowest BCUT2D eigenvalue weighted by atomic mass is 10.1. The molecule has 0 aromatic heterocycles. The van der Waals surface area contributed by atoms with Crippen LogP contribution in [0.2, 0.25) is 0 Å². The quantitative estimate of drug-likeness (QED) is 0.405. The average molecular weight is 442 g/mol. The molecule has 2 rings (SSSR count). The highest BCUT2D eigenvalue weighted by Crippen LogP contribution is 2.28. The first-order valence-corrected chi connectivity index (χ1v) is 9.90. The highest BCUT2D eigenvalue weighted by Gasteiger charge is 2.12. The van der Waals surface area contributed by atoms with Gasteiger partial charge in [-0.15, -0.1) is 0 Å². The van der Waals surface area contributed by atoms with Gasteiger partial charge in [0.25, 0.3) is 5.91 Å². The van der Waals surface area contributed by atoms with Gasteiger partial charge in [0.1, 0.15) is 11.5 Å². The van der Waals surface area contributed by atoms with Gasteiger partial charge in [-0.2, -0.15) is 0 Å². The third-order valence-electron chi connectivity index (χ3n) is 4.41. The molecule has 9 heteroatoms. The molecule has 2 N–H and O–H groups in total. The molecule has 0 bridgehead atoms. The fourth-order valence-corrected chi connectivity index (χ4v) is 2.71. The monoisotopic (exact) mass is 442 g/mol. The first kappa shape index (κ1) is 24.4. The highest BCUT2D eigenvalue weighted by atomic mass is 16.5. The maximum absolute atomic E-state index is 12.0. The number of Topliss-reactive ketones (excluding diaryl/α,β-unsaturated/α-hetero) is 1. The van der Waals surface area contributed by atoms with Gasteiger partial charge in [0.15, 0.2) is 12.4 Å². The molecule has 0 saturated heterocycles. The van der Waals surface area contributed by atoms with Crippen LogP contribution in [0, 0.1) is 0 Å². The van der Waals surface area contributed by atoms with Gasteiger partial charge in [-0.1, -0.05) is 0 Å². The van der Waals surface area contributed by atoms with Gasteiger partial charge in [-0.3, -0.25) is 19.2 Å². The Hall–Kier alpha value is -3.88. The zero-order valence-corrected chi connectivity index (χ0v) is 18.2. The van der Waals surface area contributed by atoms with E-state index < -0.39 is 18.5 Å². The molecule has 170 valence electrons. The zero-order valence-electron chi connectivity index (χ0n) is 18.2. The van der Waals surface area contributed by atoms with E-state index in [-0.39, 0.29) is 31.0 Å². The fourth-order valence-electron chi connectivity index (χ4n) is 2.71. The molecule has 0 saturated carbocycles. The fraction of sp³-hybridized carbons (Fsp3) is 0.304. The third kappa shape index (κ3) is 7.75. The largest absolute Gasteiger partial charge is 0.497 e. The second kappa shape index (κ2) is 12.1. The summed E-state index contributed by atoms with van der Waals surface area (Å²) in [6.07, 6.45) is 0.374. The topological polar surface area (TPSA) is 120 Å². The van der Waals surface area contributed by atoms with Crippen LogP contribution in [-0.4, -0.2) is 44.4 Å². The van der Waals surface area contributed by atoms with Gasteiger partial charge in [-0.05, 0) is 49.7 Å². The van der Waals surface area contributed by atoms with Crippen molar-refractivity contribution in [3.8, 4) is 11.5 Å². The molecular weight excluding hydrogens is 416 g/mol. The molecule has 2 aromatic carbocycles. The number of anilines is 2. The number of ketones is 1. The minimum atomic E-state index is -0.583. The average Bonchev–Trinajstić information content (AvgIpc) is 2.78. The van der Waals surface area contributed by atoms with E-state index in [2.05, 4.69) is 10.6 Å². The van der Waals surface area contributed by atoms with E-state index in [9.17, 15) is 19.2 Å². The SMILES string of the molecule is COc1ccc(NC(=O)COC(=O)CCCC(=O)Nc2ccc(C(C)=O)cc2)c(OC)c1. The van der Waals surface area contributed by atoms with Crippen LogP contribution < -0.4 is 20.1 Å². The van der Waals surface area contributed by atoms with Crippen LogP contribution >= 0.6 is 0 Å². The molecule has 32 heavy (non-hydrogen) atoms. The van der Waals surface area contributed by atoms with Gasteiger partial charge in [0, 0.05) is 30.2 Å². The smallest absolute Gasteiger partial charge is 0.306 e. The van der Waals surface area contributed by atoms with E-state index in [1.54, 1.807) is 42.5 Å². The number of esters is 1. The third-order valence-corrected chi connectivity index (χ3v) is 4.41. The van der Waals surface area contributed by atoms with Crippen LogP contribution in [-0.2, 0) is 19.1 Å². The lowest BCUT2D eigenvalue weighted by molar-refractivity contribution is -0.147. The summed E-state index contributed by atoms with van der Waals surface area (Å²) in [4.78, 5) is 47.1. The van der Waals surface area contributed by atoms with Crippen LogP contribution in [0.4, 0.5) is 11.4 Å². The minimum absolute atomic E-state index is 0.00414. The number of carbonyl (C=O) groups is 4. The number of ether oxygens (including phenoxy) is 3. The van der Waals surface area contributed by atoms with E-state index in [4.69, 9.17) is 14.2 Å². The second-order valence-corrected chi connectivity index (χ2v) is 6.81. The van der Waals surface area contributed by atoms with E-state index in [1.807, 2.05) is 0 Å². The lowest BCUT2D eigenvalue weighted by Crippen LogP contribution is -2.21. The number of hydrogen-bond acceptors (Lipinski definition) is 7. The van der Waals surface area contributed by atoms with Crippen molar-refractivity contribution in [2.45, 2.75) is 26.2 Å². The molecule has 0 unspecified atom stereocenters. The number of rotatable bonds is 11. The summed E-state index contributed by atoms with van der Waals surface area (Å²) >= 11 is 0. The molecule has 0 atom stereocenters. The van der Waals surface area contributed by atoms with Gasteiger partial charge in [0.05, 0.1) is 19.9 Å². The van der Waals surface area contributed by atoms with Crippen molar-refractivity contribution >= 4 is 34.9 Å². The van der Waals surface area contributed by atoms with Crippen LogP contribution in [0.25, 0.3) is 0 Å². The number of benzene rings is 2. The van der Waals surface area contributed by atoms with E-state index in [0.717, 1.165) is 0 Å². The molecule has 0 radical (unpaired) electrons. The Morgan fingerprint density at radius 1 is 0.844 bits per heavy atom. The number of carbonyl (C=O) groups excluding carboxylic acids is 4. The normalized spacial score (nSPS) is 10.1. The van der Waals surface area contributed by atoms with Crippen LogP contribution in [0.15, 0.2) is 42.5 Å². The number of nitrogens with one attached hydrogen (secondary N) is 2. The zero-order chi connectivity index (χ0) is 23.5. The van der Waals surface area contributed by atoms with E-state index in [1.165, 1.54) is 21.1 Å². The Labute approximate surface area is 186 Å². The summed E-state index contributed by atoms with van der Waals surface area (Å²) in [6, 6.07) is 11.4. The van der Waals surface area contributed by atoms with Gasteiger partial charge in [0.2, 0.25) is 5.91 Å². The molecule has 9 nitrogen and oxygen atoms in total. The molecule has 0 heterocycles. The van der Waals surface area contributed by atoms with Crippen molar-refractivity contribution in [1.29, 1.82) is 0 Å². The highest BCUT2D eigenvalue weighted by molar-refractivity contribution is 5.96. The lowest BCUT2D eigenvalue weighted by Gasteiger charge is -2.11. The molecule has 0 aliphatic rings. The van der Waals surface area contributed by atoms with Crippen LogP contribution in [0.3, 0.4) is 0 Å². The predicted octanol–water partition coefficient (Wildman–Crippen LogP) is 3.20. The summed E-state index contributed by atoms with van der Waals surface area (Å²) in [5, 5.41) is 5.29. The van der Waals surface area contributed by atoms with Gasteiger partial charge < -0.3 is 24.8 Å². The molecule has 2 amide bonds. The molecule has 2 aromatic rings. The molecule has 0 aliphatic heterocycles. The Kier molecular flexibility index (Phi) is 9.22. The van der Waals surface area contributed by atoms with Gasteiger partial charge in [-0.25, -0.2) is 0 Å². The number of methoxy groups -OCH3 is 2. The van der Waals surface area contributed by atoms with Crippen molar-refractivity contribution in [3.05, 3.63) is 48.0 Å². The van der Waals surface area contributed by atoms with Crippen molar-refractivity contribution in [2.75, 3.05) is 31.5 Å². The number of hydrogen-bond donors (Lipinski definition) is 2. The molecule has 0 fully saturated rings. The Bertz CT molecular complexity index is 971. The standard InChI is InChI=1S/C23H26N2O7/c1-15(26)16-7-9-17(10-8-16)24-21(27)5-4-6-23(29)32-14-22(28)25-19-12-11-18(30-2)13-20(19)31-3/h7-13H,4-6,14H2,1-3H3,(H,24,27)(H,25,28). The first-order chi connectivity index (χ1) is 15.3. The summed E-state index contributed by atoms with van der Waals surface area (Å²) in [5.74, 6) is -0.445. The maximum atomic E-state index is 12.0. The Morgan fingerprint density at radius 2 is 1.56 bits per heavy atom. The second-order valence-electron chi connectivity index (χ2n) is 6.81. The predicted molar refractivity (Wildman–Crippen MR) is 118 cm³/mol. The molecule has 0 spiro atoms. The van der Waals surface area contributed by atoms with Gasteiger partial charge >= 0.3 is 5.97 Å². The summed E-state index contributed by atoms with van der Waals surface area (Å²) in [6.45, 7) is 1.01. The Balaban J connectivity index is 1.69. The summed E-state index contributed by atoms with van der Waals surface area (Å²) < 4.78 is 15.2. The maximum Gasteiger partial charge on any atom is 0.306 e. The molecular formula is C23H26N2O7. The summed E-state index contributed by atoms with van der Waals surface area (Å²) in [7, 11) is 2.98. The van der Waals surface area contributed by atoms with Crippen LogP contribution in [0.5, 0.6) is 11.5 Å². The van der Waals surface area contributed by atoms with E-state index >= 15 is 0 Å². The van der Waals surface area contributed by atoms with Crippen molar-refractivity contribution < 1.29 is 33.4 Å². The van der Waals surface area contributed by atoms with Crippen molar-refractivity contribution in [3.63, 3.8) is 0 Å². The minimum Gasteiger partial charge on any atom is -0.497 e. The van der Waals surface area contributed by atoms with E-state index in [0.29, 0.717) is 28.4 Å². The Morgan fingerprint density at radius 3 is 2.19 bits per heavy atom. The summed E-state index contributed by atoms with van der Waals surface area (Å²) in [5.41, 5.74) is 1.54. The van der Waals surface area contributed by atoms with Crippen molar-refractivity contribution in [2.24, 2.45) is 0 Å². The molecule has 0 aliphatic carbocycles.